The molecule has 0 saturated carbocycles. The fourth-order valence-electron chi connectivity index (χ4n) is 2.40. The van der Waals surface area contributed by atoms with Gasteiger partial charge in [0, 0.05) is 13.0 Å². The van der Waals surface area contributed by atoms with Crippen LogP contribution in [0.3, 0.4) is 0 Å². The number of hydrogen-bond acceptors (Lipinski definition) is 6. The molecule has 0 bridgehead atoms. The molecule has 0 unspecified atom stereocenters. The van der Waals surface area contributed by atoms with E-state index >= 15 is 0 Å². The predicted molar refractivity (Wildman–Crippen MR) is 83.3 cm³/mol. The number of ketones is 1. The monoisotopic (exact) mass is 306 g/mol. The molecule has 0 fully saturated rings. The molecule has 1 aliphatic rings. The molecule has 0 amide bonds. The Kier molecular flexibility index (Phi) is 6.12. The quantitative estimate of drug-likeness (QED) is 0.586. The van der Waals surface area contributed by atoms with Gasteiger partial charge in [0.15, 0.2) is 5.69 Å². The van der Waals surface area contributed by atoms with E-state index in [2.05, 4.69) is 20.0 Å². The smallest absolute Gasteiger partial charge is 0.305 e. The lowest BCUT2D eigenvalue weighted by Crippen LogP contribution is -2.07. The Morgan fingerprint density at radius 1 is 1.32 bits per heavy atom. The number of nitrogens with one attached hydrogen (secondary N) is 1. The molecule has 0 aliphatic carbocycles. The summed E-state index contributed by atoms with van der Waals surface area (Å²) in [5, 5.41) is 3.02. The van der Waals surface area contributed by atoms with Gasteiger partial charge in [0.25, 0.3) is 0 Å². The molecule has 1 aromatic heterocycles. The Morgan fingerprint density at radius 2 is 2.09 bits per heavy atom. The average molecular weight is 306 g/mol. The van der Waals surface area contributed by atoms with E-state index in [0.29, 0.717) is 12.1 Å². The molecule has 120 valence electrons. The molecule has 7 heteroatoms. The Hall–Kier alpha value is -2.18. The third kappa shape index (κ3) is 4.41. The lowest BCUT2D eigenvalue weighted by atomic mass is 10.1. The lowest BCUT2D eigenvalue weighted by molar-refractivity contribution is -0.140. The van der Waals surface area contributed by atoms with Crippen molar-refractivity contribution in [2.24, 2.45) is 4.99 Å². The summed E-state index contributed by atoms with van der Waals surface area (Å²) in [6.45, 7) is 0.963. The zero-order chi connectivity index (χ0) is 15.8. The minimum Gasteiger partial charge on any atom is -0.469 e. The predicted octanol–water partition coefficient (Wildman–Crippen LogP) is 2.03. The summed E-state index contributed by atoms with van der Waals surface area (Å²) in [6.07, 6.45) is 8.82. The fraction of sp³-hybridized carbons (Fsp3) is 0.600. The summed E-state index contributed by atoms with van der Waals surface area (Å²) in [4.78, 5) is 30.9. The standard InChI is InChI=1S/C15H22N4O3/c1-22-13(21)7-5-3-2-4-6-8-19-11-18-14-12(20)9-16-10-17-15(14)19/h10-11H,2-9H2,1H3,(H,16,17). The van der Waals surface area contributed by atoms with Gasteiger partial charge in [0.05, 0.1) is 19.8 Å². The molecule has 0 saturated heterocycles. The molecule has 1 N–H and O–H groups in total. The van der Waals surface area contributed by atoms with Crippen LogP contribution in [0.15, 0.2) is 11.3 Å². The molecule has 0 radical (unpaired) electrons. The van der Waals surface area contributed by atoms with Crippen molar-refractivity contribution in [2.75, 3.05) is 19.0 Å². The van der Waals surface area contributed by atoms with Gasteiger partial charge < -0.3 is 14.6 Å². The van der Waals surface area contributed by atoms with Gasteiger partial charge in [-0.1, -0.05) is 19.3 Å². The highest BCUT2D eigenvalue weighted by Crippen LogP contribution is 2.18. The molecule has 0 spiro atoms. The maximum atomic E-state index is 11.8. The van der Waals surface area contributed by atoms with E-state index in [-0.39, 0.29) is 18.3 Å². The summed E-state index contributed by atoms with van der Waals surface area (Å²) in [6, 6.07) is 0. The van der Waals surface area contributed by atoms with Crippen LogP contribution in [0.25, 0.3) is 0 Å². The van der Waals surface area contributed by atoms with E-state index in [9.17, 15) is 9.59 Å². The van der Waals surface area contributed by atoms with E-state index < -0.39 is 0 Å². The number of anilines is 1. The van der Waals surface area contributed by atoms with Crippen LogP contribution in [0.1, 0.15) is 49.0 Å². The first-order valence-corrected chi connectivity index (χ1v) is 7.62. The second-order valence-electron chi connectivity index (χ2n) is 5.27. The van der Waals surface area contributed by atoms with Crippen LogP contribution in [-0.2, 0) is 16.1 Å². The van der Waals surface area contributed by atoms with E-state index in [4.69, 9.17) is 0 Å². The van der Waals surface area contributed by atoms with Gasteiger partial charge in [-0.15, -0.1) is 0 Å². The summed E-state index contributed by atoms with van der Waals surface area (Å²) in [7, 11) is 1.42. The maximum Gasteiger partial charge on any atom is 0.305 e. The second-order valence-corrected chi connectivity index (χ2v) is 5.27. The van der Waals surface area contributed by atoms with Gasteiger partial charge in [0.2, 0.25) is 5.78 Å². The Morgan fingerprint density at radius 3 is 2.91 bits per heavy atom. The second kappa shape index (κ2) is 8.31. The first-order chi connectivity index (χ1) is 10.7. The van der Waals surface area contributed by atoms with Crippen LogP contribution in [-0.4, -0.2) is 41.3 Å². The van der Waals surface area contributed by atoms with E-state index in [1.54, 1.807) is 12.7 Å². The van der Waals surface area contributed by atoms with Crippen LogP contribution in [0.4, 0.5) is 5.82 Å². The molecular formula is C15H22N4O3. The van der Waals surface area contributed by atoms with E-state index in [1.165, 1.54) is 7.11 Å². The molecule has 0 aromatic carbocycles. The third-order valence-corrected chi connectivity index (χ3v) is 3.64. The van der Waals surface area contributed by atoms with Crippen LogP contribution < -0.4 is 5.32 Å². The Labute approximate surface area is 129 Å². The lowest BCUT2D eigenvalue weighted by Gasteiger charge is -2.07. The zero-order valence-electron chi connectivity index (χ0n) is 12.9. The van der Waals surface area contributed by atoms with Crippen molar-refractivity contribution in [3.8, 4) is 0 Å². The number of imidazole rings is 1. The topological polar surface area (TPSA) is 85.6 Å². The highest BCUT2D eigenvalue weighted by molar-refractivity contribution is 6.03. The number of aliphatic imine (C=N–C) groups is 1. The maximum absolute atomic E-state index is 11.8. The van der Waals surface area contributed by atoms with Gasteiger partial charge in [-0.05, 0) is 12.8 Å². The first-order valence-electron chi connectivity index (χ1n) is 7.62. The number of carbonyl (C=O) groups is 2. The minimum absolute atomic E-state index is 0.0576. The summed E-state index contributed by atoms with van der Waals surface area (Å²) in [5.74, 6) is 0.535. The number of aryl methyl sites for hydroxylation is 1. The van der Waals surface area contributed by atoms with Crippen molar-refractivity contribution in [3.63, 3.8) is 0 Å². The molecule has 1 aliphatic heterocycles. The fourth-order valence-corrected chi connectivity index (χ4v) is 2.40. The summed E-state index contributed by atoms with van der Waals surface area (Å²) < 4.78 is 6.56. The van der Waals surface area contributed by atoms with Crippen molar-refractivity contribution in [1.29, 1.82) is 0 Å². The zero-order valence-corrected chi connectivity index (χ0v) is 12.9. The van der Waals surface area contributed by atoms with Crippen molar-refractivity contribution in [3.05, 3.63) is 12.0 Å². The number of fused-ring (bicyclic) bond motifs is 1. The van der Waals surface area contributed by atoms with Crippen molar-refractivity contribution in [1.82, 2.24) is 9.55 Å². The third-order valence-electron chi connectivity index (χ3n) is 3.64. The molecule has 2 rings (SSSR count). The van der Waals surface area contributed by atoms with Crippen molar-refractivity contribution in [2.45, 2.75) is 45.1 Å². The number of unbranched alkanes of at least 4 members (excludes halogenated alkanes) is 4. The van der Waals surface area contributed by atoms with Crippen LogP contribution >= 0.6 is 0 Å². The largest absolute Gasteiger partial charge is 0.469 e. The number of carbonyl (C=O) groups excluding carboxylic acids is 2. The summed E-state index contributed by atoms with van der Waals surface area (Å²) >= 11 is 0. The average Bonchev–Trinajstić information content (AvgIpc) is 2.83. The van der Waals surface area contributed by atoms with Gasteiger partial charge in [-0.25, -0.2) is 4.98 Å². The summed E-state index contributed by atoms with van der Waals surface area (Å²) in [5.41, 5.74) is 0.468. The van der Waals surface area contributed by atoms with Crippen LogP contribution in [0.5, 0.6) is 0 Å². The molecule has 0 atom stereocenters. The highest BCUT2D eigenvalue weighted by atomic mass is 16.5. The molecule has 7 nitrogen and oxygen atoms in total. The molecule has 1 aromatic rings. The number of nitrogens with zero attached hydrogens (tertiary/aromatic N) is 3. The van der Waals surface area contributed by atoms with Gasteiger partial charge in [-0.2, -0.15) is 0 Å². The highest BCUT2D eigenvalue weighted by Gasteiger charge is 2.18. The van der Waals surface area contributed by atoms with Gasteiger partial charge in [-0.3, -0.25) is 14.6 Å². The van der Waals surface area contributed by atoms with Crippen LogP contribution in [0, 0.1) is 0 Å². The number of rotatable bonds is 8. The van der Waals surface area contributed by atoms with Gasteiger partial charge >= 0.3 is 5.97 Å². The van der Waals surface area contributed by atoms with Crippen LogP contribution in [0.2, 0.25) is 0 Å². The van der Waals surface area contributed by atoms with Gasteiger partial charge in [0.1, 0.15) is 12.4 Å². The number of ether oxygens (including phenoxy) is 1. The number of hydrogen-bond donors (Lipinski definition) is 1. The normalized spacial score (nSPS) is 13.4. The van der Waals surface area contributed by atoms with Crippen molar-refractivity contribution >= 4 is 23.9 Å². The van der Waals surface area contributed by atoms with E-state index in [1.807, 2.05) is 4.57 Å². The molecule has 22 heavy (non-hydrogen) atoms. The van der Waals surface area contributed by atoms with E-state index in [0.717, 1.165) is 44.5 Å². The number of aromatic nitrogens is 2. The molecular weight excluding hydrogens is 284 g/mol. The number of Topliss-reactive ketones (excluding diaryl/α,β-unsaturated/α-hetero) is 1. The minimum atomic E-state index is -0.140. The van der Waals surface area contributed by atoms with Crippen molar-refractivity contribution < 1.29 is 14.3 Å². The number of esters is 1. The molecule has 2 heterocycles. The SMILES string of the molecule is COC(=O)CCCCCCCn1cnc2c1NC=NCC2=O. The Bertz CT molecular complexity index is 551. The number of methoxy groups -OCH3 is 1. The first kappa shape index (κ1) is 16.2. The Balaban J connectivity index is 1.69.